The lowest BCUT2D eigenvalue weighted by molar-refractivity contribution is -0.202. The number of ether oxygens (including phenoxy) is 1. The third-order valence-electron chi connectivity index (χ3n) is 5.87. The fourth-order valence-electron chi connectivity index (χ4n) is 4.01. The topological polar surface area (TPSA) is 114 Å². The summed E-state index contributed by atoms with van der Waals surface area (Å²) in [6.45, 7) is 10.1. The highest BCUT2D eigenvalue weighted by molar-refractivity contribution is 6.03. The van der Waals surface area contributed by atoms with Crippen LogP contribution in [-0.2, 0) is 28.8 Å². The van der Waals surface area contributed by atoms with Crippen LogP contribution in [0.4, 0.5) is 4.79 Å². The maximum Gasteiger partial charge on any atom is 0.411 e. The summed E-state index contributed by atoms with van der Waals surface area (Å²) in [7, 11) is 0. The molecule has 2 rings (SSSR count). The molecule has 0 aliphatic carbocycles. The first-order valence-electron chi connectivity index (χ1n) is 12.5. The van der Waals surface area contributed by atoms with Crippen molar-refractivity contribution in [3.8, 4) is 0 Å². The summed E-state index contributed by atoms with van der Waals surface area (Å²) in [5, 5.41) is 0.588. The van der Waals surface area contributed by atoms with Gasteiger partial charge in [0.15, 0.2) is 0 Å². The molecule has 2 aliphatic rings. The van der Waals surface area contributed by atoms with Crippen molar-refractivity contribution in [3.05, 3.63) is 0 Å². The number of nitrogens with zero attached hydrogens (tertiary/aromatic N) is 2. The predicted octanol–water partition coefficient (Wildman–Crippen LogP) is 3.49. The monoisotopic (exact) mass is 483 g/mol. The molecular weight excluding hydrogens is 442 g/mol. The smallest absolute Gasteiger partial charge is 0.411 e. The second-order valence-electron chi connectivity index (χ2n) is 10.1. The Kier molecular flexibility index (Phi) is 10.8. The first-order valence-corrected chi connectivity index (χ1v) is 12.5. The Morgan fingerprint density at radius 2 is 1.76 bits per heavy atom. The lowest BCUT2D eigenvalue weighted by Crippen LogP contribution is -2.57. The molecule has 10 heteroatoms. The third-order valence-corrected chi connectivity index (χ3v) is 5.87. The van der Waals surface area contributed by atoms with Crippen LogP contribution in [0.5, 0.6) is 0 Å². The zero-order valence-electron chi connectivity index (χ0n) is 21.3. The van der Waals surface area contributed by atoms with E-state index in [9.17, 15) is 19.2 Å². The van der Waals surface area contributed by atoms with Crippen LogP contribution in [0.15, 0.2) is 0 Å². The van der Waals surface area contributed by atoms with Gasteiger partial charge in [-0.05, 0) is 46.5 Å². The lowest BCUT2D eigenvalue weighted by atomic mass is 9.99. The lowest BCUT2D eigenvalue weighted by Gasteiger charge is -2.38. The molecule has 2 saturated heterocycles. The average molecular weight is 484 g/mol. The van der Waals surface area contributed by atoms with Crippen LogP contribution in [0.25, 0.3) is 0 Å². The van der Waals surface area contributed by atoms with Crippen LogP contribution < -0.4 is 5.48 Å². The molecule has 1 unspecified atom stereocenters. The number of imide groups is 1. The van der Waals surface area contributed by atoms with Crippen molar-refractivity contribution in [1.82, 2.24) is 15.4 Å². The van der Waals surface area contributed by atoms with E-state index < -0.39 is 41.4 Å². The minimum absolute atomic E-state index is 0.0391. The van der Waals surface area contributed by atoms with Gasteiger partial charge in [0, 0.05) is 13.0 Å². The van der Waals surface area contributed by atoms with E-state index in [1.807, 2.05) is 0 Å². The van der Waals surface area contributed by atoms with E-state index in [0.717, 1.165) is 32.1 Å². The van der Waals surface area contributed by atoms with E-state index >= 15 is 0 Å². The summed E-state index contributed by atoms with van der Waals surface area (Å²) < 4.78 is 5.50. The quantitative estimate of drug-likeness (QED) is 0.270. The third kappa shape index (κ3) is 8.23. The maximum atomic E-state index is 13.0. The van der Waals surface area contributed by atoms with Crippen LogP contribution in [0.3, 0.4) is 0 Å². The van der Waals surface area contributed by atoms with E-state index in [4.69, 9.17) is 14.4 Å². The normalized spacial score (nSPS) is 23.4. The van der Waals surface area contributed by atoms with Gasteiger partial charge in [0.05, 0.1) is 18.6 Å². The van der Waals surface area contributed by atoms with Crippen molar-refractivity contribution in [1.29, 1.82) is 0 Å². The molecule has 0 spiro atoms. The Morgan fingerprint density at radius 1 is 1.06 bits per heavy atom. The summed E-state index contributed by atoms with van der Waals surface area (Å²) in [5.41, 5.74) is 2.21. The molecule has 0 bridgehead atoms. The molecule has 0 saturated carbocycles. The molecular formula is C24H41N3O7. The van der Waals surface area contributed by atoms with Crippen LogP contribution in [0.1, 0.15) is 92.4 Å². The van der Waals surface area contributed by atoms with Crippen LogP contribution in [-0.4, -0.2) is 64.7 Å². The van der Waals surface area contributed by atoms with Crippen LogP contribution in [0, 0.1) is 5.92 Å². The summed E-state index contributed by atoms with van der Waals surface area (Å²) in [6, 6.07) is -1.16. The fourth-order valence-corrected chi connectivity index (χ4v) is 4.01. The Hall–Kier alpha value is -2.20. The van der Waals surface area contributed by atoms with E-state index in [1.54, 1.807) is 20.8 Å². The first kappa shape index (κ1) is 28.0. The van der Waals surface area contributed by atoms with E-state index in [2.05, 4.69) is 19.3 Å². The summed E-state index contributed by atoms with van der Waals surface area (Å²) in [4.78, 5) is 63.0. The van der Waals surface area contributed by atoms with E-state index in [1.165, 1.54) is 4.90 Å². The minimum atomic E-state index is -0.969. The standard InChI is InChI=1S/C24H41N3O7/c1-6-8-10-11-17-15-20(28)27(21(17)29)34-22(30)19-13-12-18(25-32-14-9-7-2)16-26(19)23(31)33-24(3,4)5/h17-19,25H,6-16H2,1-5H3/t17?,18-,19+/m1/s1. The van der Waals surface area contributed by atoms with Crippen molar-refractivity contribution in [2.24, 2.45) is 5.92 Å². The second-order valence-corrected chi connectivity index (χ2v) is 10.1. The Labute approximate surface area is 202 Å². The number of hydroxylamine groups is 3. The molecule has 2 heterocycles. The number of likely N-dealkylation sites (tertiary alicyclic amines) is 1. The van der Waals surface area contributed by atoms with Crippen molar-refractivity contribution >= 4 is 23.9 Å². The Balaban J connectivity index is 2.04. The zero-order chi connectivity index (χ0) is 25.3. The molecule has 0 aromatic heterocycles. The van der Waals surface area contributed by atoms with E-state index in [-0.39, 0.29) is 25.4 Å². The highest BCUT2D eigenvalue weighted by Gasteiger charge is 2.45. The number of unbranched alkanes of at least 4 members (excludes halogenated alkanes) is 3. The van der Waals surface area contributed by atoms with Gasteiger partial charge in [-0.3, -0.25) is 14.5 Å². The average Bonchev–Trinajstić information content (AvgIpc) is 3.03. The summed E-state index contributed by atoms with van der Waals surface area (Å²) in [5.74, 6) is -2.29. The van der Waals surface area contributed by atoms with Gasteiger partial charge in [-0.2, -0.15) is 5.48 Å². The maximum absolute atomic E-state index is 13.0. The molecule has 2 aliphatic heterocycles. The SMILES string of the molecule is CCCCCC1CC(=O)N(OC(=O)[C@@H]2CC[C@@H](NOCCCC)CN2C(=O)OC(C)(C)C)C1=O. The van der Waals surface area contributed by atoms with Crippen molar-refractivity contribution < 1.29 is 33.6 Å². The molecule has 34 heavy (non-hydrogen) atoms. The minimum Gasteiger partial charge on any atom is -0.444 e. The molecule has 3 amide bonds. The highest BCUT2D eigenvalue weighted by Crippen LogP contribution is 2.27. The van der Waals surface area contributed by atoms with Gasteiger partial charge >= 0.3 is 12.1 Å². The summed E-state index contributed by atoms with van der Waals surface area (Å²) in [6.07, 6.45) is 5.52. The van der Waals surface area contributed by atoms with Crippen molar-refractivity contribution in [3.63, 3.8) is 0 Å². The number of hydrogen-bond donors (Lipinski definition) is 1. The first-order chi connectivity index (χ1) is 16.1. The van der Waals surface area contributed by atoms with Gasteiger partial charge in [-0.15, -0.1) is 5.06 Å². The highest BCUT2D eigenvalue weighted by atomic mass is 16.7. The molecule has 2 fully saturated rings. The van der Waals surface area contributed by atoms with Crippen molar-refractivity contribution in [2.75, 3.05) is 13.2 Å². The fraction of sp³-hybridized carbons (Fsp3) is 0.833. The number of hydrogen-bond acceptors (Lipinski definition) is 8. The van der Waals surface area contributed by atoms with Crippen LogP contribution in [0.2, 0.25) is 0 Å². The Morgan fingerprint density at radius 3 is 2.41 bits per heavy atom. The predicted molar refractivity (Wildman–Crippen MR) is 124 cm³/mol. The number of rotatable bonds is 11. The number of carbonyl (C=O) groups is 4. The molecule has 0 aromatic rings. The van der Waals surface area contributed by atoms with E-state index in [0.29, 0.717) is 24.5 Å². The molecule has 3 atom stereocenters. The number of nitrogens with one attached hydrogen (secondary N) is 1. The Bertz CT molecular complexity index is 722. The van der Waals surface area contributed by atoms with Crippen LogP contribution >= 0.6 is 0 Å². The van der Waals surface area contributed by atoms with Gasteiger partial charge < -0.3 is 14.4 Å². The van der Waals surface area contributed by atoms with Gasteiger partial charge in [0.2, 0.25) is 0 Å². The van der Waals surface area contributed by atoms with Gasteiger partial charge in [-0.25, -0.2) is 9.59 Å². The molecule has 0 radical (unpaired) electrons. The summed E-state index contributed by atoms with van der Waals surface area (Å²) >= 11 is 0. The number of carbonyl (C=O) groups excluding carboxylic acids is 4. The van der Waals surface area contributed by atoms with Crippen molar-refractivity contribution in [2.45, 2.75) is 110 Å². The number of piperidine rings is 1. The van der Waals surface area contributed by atoms with Gasteiger partial charge in [-0.1, -0.05) is 39.5 Å². The molecule has 10 nitrogen and oxygen atoms in total. The molecule has 194 valence electrons. The number of amides is 3. The van der Waals surface area contributed by atoms with Gasteiger partial charge in [0.25, 0.3) is 11.8 Å². The van der Waals surface area contributed by atoms with Gasteiger partial charge in [0.1, 0.15) is 11.6 Å². The second kappa shape index (κ2) is 13.0. The molecule has 0 aromatic carbocycles. The largest absolute Gasteiger partial charge is 0.444 e. The molecule has 1 N–H and O–H groups in total. The zero-order valence-corrected chi connectivity index (χ0v) is 21.3.